The van der Waals surface area contributed by atoms with E-state index in [-0.39, 0.29) is 10.8 Å². The summed E-state index contributed by atoms with van der Waals surface area (Å²) < 4.78 is 27.5. The summed E-state index contributed by atoms with van der Waals surface area (Å²) in [7, 11) is -3.79. The maximum Gasteiger partial charge on any atom is 0.243 e. The first-order chi connectivity index (χ1) is 14.5. The molecule has 4 rings (SSSR count). The lowest BCUT2D eigenvalue weighted by Gasteiger charge is -2.24. The summed E-state index contributed by atoms with van der Waals surface area (Å²) in [6.45, 7) is 0.309. The van der Waals surface area contributed by atoms with Gasteiger partial charge in [-0.05, 0) is 48.7 Å². The van der Waals surface area contributed by atoms with Crippen molar-refractivity contribution in [3.63, 3.8) is 0 Å². The first kappa shape index (κ1) is 20.6. The van der Waals surface area contributed by atoms with Crippen molar-refractivity contribution in [3.05, 3.63) is 83.9 Å². The van der Waals surface area contributed by atoms with E-state index in [0.717, 1.165) is 11.1 Å². The molecule has 3 aromatic rings. The number of anilines is 1. The number of hydrogen-bond donors (Lipinski definition) is 1. The molecule has 3 aromatic carbocycles. The number of carbonyl (C=O) groups excluding carboxylic acids is 1. The minimum atomic E-state index is -3.79. The van der Waals surface area contributed by atoms with Crippen molar-refractivity contribution in [2.45, 2.75) is 23.8 Å². The van der Waals surface area contributed by atoms with Crippen LogP contribution in [-0.4, -0.2) is 31.2 Å². The predicted molar refractivity (Wildman–Crippen MR) is 119 cm³/mol. The van der Waals surface area contributed by atoms with E-state index in [1.54, 1.807) is 0 Å². The monoisotopic (exact) mass is 440 g/mol. The number of sulfonamides is 1. The quantitative estimate of drug-likeness (QED) is 0.619. The van der Waals surface area contributed by atoms with Crippen LogP contribution in [0.3, 0.4) is 0 Å². The number of benzene rings is 3. The number of para-hydroxylation sites is 1. The molecule has 1 amide bonds. The van der Waals surface area contributed by atoms with Crippen LogP contribution in [0.2, 0.25) is 5.02 Å². The fourth-order valence-corrected chi connectivity index (χ4v) is 5.49. The van der Waals surface area contributed by atoms with E-state index in [0.29, 0.717) is 30.1 Å². The van der Waals surface area contributed by atoms with Crippen LogP contribution in [0, 0.1) is 0 Å². The highest BCUT2D eigenvalue weighted by molar-refractivity contribution is 7.89. The Morgan fingerprint density at radius 3 is 2.33 bits per heavy atom. The number of amides is 1. The summed E-state index contributed by atoms with van der Waals surface area (Å²) in [6.07, 6.45) is 1.11. The summed E-state index contributed by atoms with van der Waals surface area (Å²) in [5.74, 6) is -0.326. The zero-order valence-electron chi connectivity index (χ0n) is 16.2. The molecular formula is C23H21ClN2O3S. The average Bonchev–Trinajstić information content (AvgIpc) is 3.26. The van der Waals surface area contributed by atoms with E-state index in [4.69, 9.17) is 11.6 Å². The van der Waals surface area contributed by atoms with Gasteiger partial charge in [0.15, 0.2) is 0 Å². The molecule has 1 aliphatic heterocycles. The number of nitrogens with zero attached hydrogens (tertiary/aromatic N) is 1. The van der Waals surface area contributed by atoms with Gasteiger partial charge in [0.1, 0.15) is 6.04 Å². The molecule has 1 unspecified atom stereocenters. The molecule has 1 saturated heterocycles. The molecule has 0 saturated carbocycles. The van der Waals surface area contributed by atoms with E-state index in [1.165, 1.54) is 28.6 Å². The Morgan fingerprint density at radius 1 is 0.933 bits per heavy atom. The fraction of sp³-hybridized carbons (Fsp3) is 0.174. The zero-order chi connectivity index (χ0) is 21.1. The largest absolute Gasteiger partial charge is 0.324 e. The summed E-state index contributed by atoms with van der Waals surface area (Å²) in [4.78, 5) is 13.2. The third-order valence-corrected chi connectivity index (χ3v) is 7.37. The van der Waals surface area contributed by atoms with Crippen molar-refractivity contribution >= 4 is 33.2 Å². The van der Waals surface area contributed by atoms with Gasteiger partial charge in [-0.1, -0.05) is 60.1 Å². The standard InChI is InChI=1S/C23H21ClN2O3S/c24-18-12-14-19(15-13-18)30(28,29)26-16-6-11-22(26)23(27)25-21-10-5-4-9-20(21)17-7-2-1-3-8-17/h1-5,7-10,12-15,22H,6,11,16H2,(H,25,27). The van der Waals surface area contributed by atoms with Gasteiger partial charge in [-0.25, -0.2) is 8.42 Å². The molecule has 7 heteroatoms. The van der Waals surface area contributed by atoms with Crippen LogP contribution in [0.25, 0.3) is 11.1 Å². The highest BCUT2D eigenvalue weighted by atomic mass is 35.5. The molecule has 1 fully saturated rings. The molecule has 154 valence electrons. The molecule has 0 bridgehead atoms. The topological polar surface area (TPSA) is 66.5 Å². The van der Waals surface area contributed by atoms with Gasteiger partial charge in [0.2, 0.25) is 15.9 Å². The number of halogens is 1. The molecule has 5 nitrogen and oxygen atoms in total. The summed E-state index contributed by atoms with van der Waals surface area (Å²) in [6, 6.07) is 22.5. The second kappa shape index (κ2) is 8.60. The van der Waals surface area contributed by atoms with E-state index >= 15 is 0 Å². The van der Waals surface area contributed by atoms with Crippen molar-refractivity contribution in [1.29, 1.82) is 0 Å². The second-order valence-corrected chi connectivity index (χ2v) is 9.46. The van der Waals surface area contributed by atoms with Gasteiger partial charge in [0.05, 0.1) is 4.90 Å². The van der Waals surface area contributed by atoms with Gasteiger partial charge < -0.3 is 5.32 Å². The Morgan fingerprint density at radius 2 is 1.60 bits per heavy atom. The maximum absolute atomic E-state index is 13.1. The molecule has 0 radical (unpaired) electrons. The average molecular weight is 441 g/mol. The third kappa shape index (κ3) is 4.12. The van der Waals surface area contributed by atoms with Crippen LogP contribution in [0.5, 0.6) is 0 Å². The van der Waals surface area contributed by atoms with Crippen molar-refractivity contribution < 1.29 is 13.2 Å². The lowest BCUT2D eigenvalue weighted by Crippen LogP contribution is -2.43. The third-order valence-electron chi connectivity index (χ3n) is 5.20. The summed E-state index contributed by atoms with van der Waals surface area (Å²) in [5, 5.41) is 3.41. The van der Waals surface area contributed by atoms with Gasteiger partial charge in [0, 0.05) is 22.8 Å². The van der Waals surface area contributed by atoms with Crippen molar-refractivity contribution in [1.82, 2.24) is 4.31 Å². The van der Waals surface area contributed by atoms with Gasteiger partial charge in [-0.15, -0.1) is 0 Å². The minimum absolute atomic E-state index is 0.135. The van der Waals surface area contributed by atoms with Crippen LogP contribution in [0.1, 0.15) is 12.8 Å². The second-order valence-electron chi connectivity index (χ2n) is 7.13. The molecule has 0 aromatic heterocycles. The Balaban J connectivity index is 1.59. The Hall–Kier alpha value is -2.67. The van der Waals surface area contributed by atoms with Gasteiger partial charge in [-0.2, -0.15) is 4.31 Å². The molecule has 1 aliphatic rings. The smallest absolute Gasteiger partial charge is 0.243 e. The Bertz CT molecular complexity index is 1150. The molecule has 1 atom stereocenters. The number of hydrogen-bond acceptors (Lipinski definition) is 3. The van der Waals surface area contributed by atoms with Crippen LogP contribution in [0.4, 0.5) is 5.69 Å². The Labute approximate surface area is 181 Å². The van der Waals surface area contributed by atoms with Gasteiger partial charge in [0.25, 0.3) is 0 Å². The van der Waals surface area contributed by atoms with Crippen LogP contribution >= 0.6 is 11.6 Å². The highest BCUT2D eigenvalue weighted by Gasteiger charge is 2.39. The first-order valence-corrected chi connectivity index (χ1v) is 11.5. The van der Waals surface area contributed by atoms with Gasteiger partial charge in [-0.3, -0.25) is 4.79 Å². The van der Waals surface area contributed by atoms with Crippen molar-refractivity contribution in [2.24, 2.45) is 0 Å². The molecule has 30 heavy (non-hydrogen) atoms. The molecule has 0 spiro atoms. The minimum Gasteiger partial charge on any atom is -0.324 e. The lowest BCUT2D eigenvalue weighted by atomic mass is 10.0. The maximum atomic E-state index is 13.1. The molecule has 1 N–H and O–H groups in total. The van der Waals surface area contributed by atoms with Crippen molar-refractivity contribution in [2.75, 3.05) is 11.9 Å². The van der Waals surface area contributed by atoms with Crippen molar-refractivity contribution in [3.8, 4) is 11.1 Å². The van der Waals surface area contributed by atoms with E-state index in [1.807, 2.05) is 54.6 Å². The van der Waals surface area contributed by atoms with E-state index in [2.05, 4.69) is 5.32 Å². The molecular weight excluding hydrogens is 420 g/mol. The molecule has 0 aliphatic carbocycles. The van der Waals surface area contributed by atoms with Gasteiger partial charge >= 0.3 is 0 Å². The SMILES string of the molecule is O=C(Nc1ccccc1-c1ccccc1)C1CCCN1S(=O)(=O)c1ccc(Cl)cc1. The van der Waals surface area contributed by atoms with E-state index < -0.39 is 16.1 Å². The zero-order valence-corrected chi connectivity index (χ0v) is 17.7. The Kier molecular flexibility index (Phi) is 5.90. The number of rotatable bonds is 5. The number of carbonyl (C=O) groups is 1. The summed E-state index contributed by atoms with van der Waals surface area (Å²) >= 11 is 5.88. The van der Waals surface area contributed by atoms with Crippen LogP contribution < -0.4 is 5.32 Å². The van der Waals surface area contributed by atoms with Crippen LogP contribution in [-0.2, 0) is 14.8 Å². The fourth-order valence-electron chi connectivity index (χ4n) is 3.71. The lowest BCUT2D eigenvalue weighted by molar-refractivity contribution is -0.119. The first-order valence-electron chi connectivity index (χ1n) is 9.69. The van der Waals surface area contributed by atoms with Crippen LogP contribution in [0.15, 0.2) is 83.8 Å². The normalized spacial score (nSPS) is 17.0. The molecule has 1 heterocycles. The highest BCUT2D eigenvalue weighted by Crippen LogP contribution is 2.31. The summed E-state index contributed by atoms with van der Waals surface area (Å²) in [5.41, 5.74) is 2.52. The number of nitrogens with one attached hydrogen (secondary N) is 1. The predicted octanol–water partition coefficient (Wildman–Crippen LogP) is 4.80. The van der Waals surface area contributed by atoms with E-state index in [9.17, 15) is 13.2 Å².